The highest BCUT2D eigenvalue weighted by atomic mass is 127. The van der Waals surface area contributed by atoms with E-state index in [0.717, 1.165) is 38.4 Å². The molecule has 4 heterocycles. The Bertz CT molecular complexity index is 545. The Balaban J connectivity index is 0.00000280. The van der Waals surface area contributed by atoms with Crippen LogP contribution in [0.3, 0.4) is 0 Å². The summed E-state index contributed by atoms with van der Waals surface area (Å²) in [6.45, 7) is 13.9. The number of aliphatic imine (C=N–C) groups is 1. The molecule has 4 aliphatic heterocycles. The fourth-order valence-corrected chi connectivity index (χ4v) is 4.11. The molecule has 0 saturated carbocycles. The maximum absolute atomic E-state index is 12.3. The number of halogens is 1. The fourth-order valence-electron chi connectivity index (χ4n) is 4.11. The average molecular weight is 508 g/mol. The minimum absolute atomic E-state index is 0. The summed E-state index contributed by atoms with van der Waals surface area (Å²) in [7, 11) is 1.81. The van der Waals surface area contributed by atoms with Gasteiger partial charge in [-0.25, -0.2) is 4.79 Å². The van der Waals surface area contributed by atoms with Crippen molar-refractivity contribution in [2.45, 2.75) is 51.3 Å². The Morgan fingerprint density at radius 3 is 2.43 bits per heavy atom. The van der Waals surface area contributed by atoms with E-state index in [9.17, 15) is 4.79 Å². The quantitative estimate of drug-likeness (QED) is 0.339. The summed E-state index contributed by atoms with van der Waals surface area (Å²) in [6, 6.07) is 0.750. The molecule has 0 aromatic rings. The molecule has 4 rings (SSSR count). The van der Waals surface area contributed by atoms with Crippen LogP contribution in [0.5, 0.6) is 0 Å². The first-order chi connectivity index (χ1) is 12.8. The number of fused-ring (bicyclic) bond motifs is 3. The Labute approximate surface area is 186 Å². The first-order valence-electron chi connectivity index (χ1n) is 10.3. The number of hydrogen-bond donors (Lipinski definition) is 2. The lowest BCUT2D eigenvalue weighted by Crippen LogP contribution is -2.64. The van der Waals surface area contributed by atoms with Gasteiger partial charge >= 0.3 is 6.09 Å². The second kappa shape index (κ2) is 10.3. The van der Waals surface area contributed by atoms with Crippen molar-refractivity contribution in [1.29, 1.82) is 0 Å². The van der Waals surface area contributed by atoms with Gasteiger partial charge in [0.05, 0.1) is 0 Å². The van der Waals surface area contributed by atoms with Gasteiger partial charge in [-0.05, 0) is 33.6 Å². The van der Waals surface area contributed by atoms with Crippen LogP contribution in [0.4, 0.5) is 4.79 Å². The van der Waals surface area contributed by atoms with Crippen LogP contribution < -0.4 is 10.6 Å². The van der Waals surface area contributed by atoms with E-state index in [2.05, 4.69) is 25.4 Å². The number of rotatable bonds is 3. The summed E-state index contributed by atoms with van der Waals surface area (Å²) in [6.07, 6.45) is 1.78. The normalized spacial score (nSPS) is 30.4. The number of guanidine groups is 1. The number of piperidine rings is 1. The third-order valence-corrected chi connectivity index (χ3v) is 5.53. The largest absolute Gasteiger partial charge is 0.444 e. The molecule has 9 heteroatoms. The van der Waals surface area contributed by atoms with Crippen LogP contribution >= 0.6 is 24.0 Å². The van der Waals surface area contributed by atoms with Gasteiger partial charge in [0.2, 0.25) is 0 Å². The van der Waals surface area contributed by atoms with Gasteiger partial charge in [0.15, 0.2) is 5.96 Å². The van der Waals surface area contributed by atoms with E-state index in [-0.39, 0.29) is 36.1 Å². The zero-order chi connectivity index (χ0) is 19.4. The van der Waals surface area contributed by atoms with E-state index in [4.69, 9.17) is 4.74 Å². The number of piperazine rings is 3. The lowest BCUT2D eigenvalue weighted by Gasteiger charge is -2.47. The summed E-state index contributed by atoms with van der Waals surface area (Å²) in [5, 5.41) is 6.98. The highest BCUT2D eigenvalue weighted by molar-refractivity contribution is 14.0. The standard InChI is InChI=1S/C19H36N6O2.HI/c1-19(2,3)27-18(26)25-7-5-6-15(13-25)22-17(20-4)21-12-16-14-23-8-10-24(16)11-9-23;/h15-16H,5-14H2,1-4H3,(H2,20,21,22);1H. The van der Waals surface area contributed by atoms with Gasteiger partial charge in [-0.3, -0.25) is 14.8 Å². The number of ether oxygens (including phenoxy) is 1. The van der Waals surface area contributed by atoms with Gasteiger partial charge in [0, 0.05) is 71.5 Å². The minimum Gasteiger partial charge on any atom is -0.444 e. The van der Waals surface area contributed by atoms with E-state index >= 15 is 0 Å². The van der Waals surface area contributed by atoms with Crippen molar-refractivity contribution in [2.24, 2.45) is 4.99 Å². The number of hydrogen-bond acceptors (Lipinski definition) is 5. The van der Waals surface area contributed by atoms with Crippen molar-refractivity contribution < 1.29 is 9.53 Å². The van der Waals surface area contributed by atoms with Crippen molar-refractivity contribution in [1.82, 2.24) is 25.3 Å². The van der Waals surface area contributed by atoms with Crippen molar-refractivity contribution in [3.05, 3.63) is 0 Å². The molecular formula is C19H37IN6O2. The zero-order valence-electron chi connectivity index (χ0n) is 17.7. The second-order valence-corrected chi connectivity index (χ2v) is 8.85. The van der Waals surface area contributed by atoms with Crippen LogP contribution in [-0.2, 0) is 4.74 Å². The molecule has 2 N–H and O–H groups in total. The average Bonchev–Trinajstić information content (AvgIpc) is 2.65. The molecule has 28 heavy (non-hydrogen) atoms. The van der Waals surface area contributed by atoms with Gasteiger partial charge in [-0.2, -0.15) is 0 Å². The van der Waals surface area contributed by atoms with Crippen molar-refractivity contribution in [2.75, 3.05) is 59.4 Å². The Morgan fingerprint density at radius 1 is 1.14 bits per heavy atom. The summed E-state index contributed by atoms with van der Waals surface area (Å²) in [4.78, 5) is 23.6. The fraction of sp³-hybridized carbons (Fsp3) is 0.895. The molecule has 4 saturated heterocycles. The molecule has 0 aromatic carbocycles. The lowest BCUT2D eigenvalue weighted by molar-refractivity contribution is 0.0152. The van der Waals surface area contributed by atoms with Crippen LogP contribution in [0.2, 0.25) is 0 Å². The highest BCUT2D eigenvalue weighted by Crippen LogP contribution is 2.16. The SMILES string of the molecule is CN=C(NCC1CN2CCN1CC2)NC1CCCN(C(=O)OC(C)(C)C)C1.I. The summed E-state index contributed by atoms with van der Waals surface area (Å²) >= 11 is 0. The number of nitrogens with one attached hydrogen (secondary N) is 2. The summed E-state index contributed by atoms with van der Waals surface area (Å²) in [5.41, 5.74) is -0.459. The molecule has 0 aliphatic carbocycles. The van der Waals surface area contributed by atoms with Gasteiger partial charge in [0.1, 0.15) is 5.60 Å². The first-order valence-corrected chi connectivity index (χ1v) is 10.3. The second-order valence-electron chi connectivity index (χ2n) is 8.85. The van der Waals surface area contributed by atoms with E-state index in [1.54, 1.807) is 11.9 Å². The smallest absolute Gasteiger partial charge is 0.410 e. The van der Waals surface area contributed by atoms with E-state index in [0.29, 0.717) is 12.6 Å². The van der Waals surface area contributed by atoms with Crippen molar-refractivity contribution >= 4 is 36.0 Å². The topological polar surface area (TPSA) is 72.4 Å². The van der Waals surface area contributed by atoms with Crippen LogP contribution in [-0.4, -0.2) is 104 Å². The molecule has 2 atom stereocenters. The molecule has 8 nitrogen and oxygen atoms in total. The summed E-state index contributed by atoms with van der Waals surface area (Å²) < 4.78 is 5.52. The third-order valence-electron chi connectivity index (χ3n) is 5.53. The molecule has 4 fully saturated rings. The number of amides is 1. The summed E-state index contributed by atoms with van der Waals surface area (Å²) in [5.74, 6) is 0.823. The number of nitrogens with zero attached hydrogens (tertiary/aromatic N) is 4. The predicted molar refractivity (Wildman–Crippen MR) is 123 cm³/mol. The minimum atomic E-state index is -0.459. The van der Waals surface area contributed by atoms with Crippen LogP contribution in [0.1, 0.15) is 33.6 Å². The lowest BCUT2D eigenvalue weighted by atomic mass is 10.1. The van der Waals surface area contributed by atoms with Gasteiger partial charge in [-0.15, -0.1) is 24.0 Å². The molecule has 0 aromatic heterocycles. The van der Waals surface area contributed by atoms with Crippen molar-refractivity contribution in [3.63, 3.8) is 0 Å². The predicted octanol–water partition coefficient (Wildman–Crippen LogP) is 1.17. The molecular weight excluding hydrogens is 471 g/mol. The zero-order valence-corrected chi connectivity index (χ0v) is 20.1. The highest BCUT2D eigenvalue weighted by Gasteiger charge is 2.32. The van der Waals surface area contributed by atoms with Crippen LogP contribution in [0.25, 0.3) is 0 Å². The molecule has 2 unspecified atom stereocenters. The molecule has 1 amide bonds. The molecule has 4 aliphatic rings. The third kappa shape index (κ3) is 6.62. The maximum atomic E-state index is 12.3. The maximum Gasteiger partial charge on any atom is 0.410 e. The molecule has 162 valence electrons. The van der Waals surface area contributed by atoms with E-state index in [1.165, 1.54) is 26.2 Å². The Morgan fingerprint density at radius 2 is 1.86 bits per heavy atom. The number of likely N-dealkylation sites (tertiary alicyclic amines) is 1. The van der Waals surface area contributed by atoms with E-state index in [1.807, 2.05) is 20.8 Å². The van der Waals surface area contributed by atoms with Crippen molar-refractivity contribution in [3.8, 4) is 0 Å². The van der Waals surface area contributed by atoms with Gasteiger partial charge in [-0.1, -0.05) is 0 Å². The van der Waals surface area contributed by atoms with Crippen LogP contribution in [0, 0.1) is 0 Å². The Hall–Kier alpha value is -0.810. The molecule has 0 radical (unpaired) electrons. The monoisotopic (exact) mass is 508 g/mol. The molecule has 2 bridgehead atoms. The van der Waals surface area contributed by atoms with Gasteiger partial charge in [0.25, 0.3) is 0 Å². The number of carbonyl (C=O) groups is 1. The number of carbonyl (C=O) groups excluding carboxylic acids is 1. The van der Waals surface area contributed by atoms with E-state index < -0.39 is 5.60 Å². The first kappa shape index (κ1) is 23.5. The Kier molecular flexibility index (Phi) is 8.62. The van der Waals surface area contributed by atoms with Crippen LogP contribution in [0.15, 0.2) is 4.99 Å². The molecule has 0 spiro atoms. The van der Waals surface area contributed by atoms with Gasteiger partial charge < -0.3 is 20.3 Å².